The molecule has 0 amide bonds. The van der Waals surface area contributed by atoms with E-state index in [2.05, 4.69) is 98.9 Å². The highest BCUT2D eigenvalue weighted by molar-refractivity contribution is 7.45. The first-order valence-corrected chi connectivity index (χ1v) is 35.8. The molecular formula is C72H130NO8P. The third-order valence-corrected chi connectivity index (χ3v) is 15.9. The van der Waals surface area contributed by atoms with Crippen LogP contribution in [0, 0.1) is 0 Å². The molecule has 9 nitrogen and oxygen atoms in total. The summed E-state index contributed by atoms with van der Waals surface area (Å²) in [6.45, 7) is 4.15. The van der Waals surface area contributed by atoms with Crippen LogP contribution in [-0.4, -0.2) is 70.0 Å². The number of quaternary nitrogens is 1. The molecule has 0 radical (unpaired) electrons. The van der Waals surface area contributed by atoms with Crippen LogP contribution in [0.15, 0.2) is 85.1 Å². The minimum absolute atomic E-state index is 0.0323. The van der Waals surface area contributed by atoms with Gasteiger partial charge in [0.2, 0.25) is 0 Å². The smallest absolute Gasteiger partial charge is 0.306 e. The van der Waals surface area contributed by atoms with Gasteiger partial charge in [-0.05, 0) is 89.9 Å². The Morgan fingerprint density at radius 2 is 0.695 bits per heavy atom. The molecule has 10 heteroatoms. The van der Waals surface area contributed by atoms with E-state index in [9.17, 15) is 19.0 Å². The second-order valence-corrected chi connectivity index (χ2v) is 25.6. The fraction of sp³-hybridized carbons (Fsp3) is 0.778. The van der Waals surface area contributed by atoms with E-state index in [-0.39, 0.29) is 32.0 Å². The molecule has 0 aromatic rings. The number of carbonyl (C=O) groups is 2. The zero-order valence-electron chi connectivity index (χ0n) is 54.2. The van der Waals surface area contributed by atoms with Crippen molar-refractivity contribution in [2.75, 3.05) is 47.5 Å². The number of hydrogen-bond acceptors (Lipinski definition) is 8. The Morgan fingerprint density at radius 1 is 0.390 bits per heavy atom. The maximum Gasteiger partial charge on any atom is 0.306 e. The number of phosphoric acid groups is 1. The molecule has 0 aromatic carbocycles. The number of phosphoric ester groups is 1. The number of hydrogen-bond donors (Lipinski definition) is 0. The molecule has 0 saturated heterocycles. The molecule has 0 spiro atoms. The predicted octanol–water partition coefficient (Wildman–Crippen LogP) is 21.5. The number of carbonyl (C=O) groups excluding carboxylic acids is 2. The monoisotopic (exact) mass is 1170 g/mol. The van der Waals surface area contributed by atoms with Gasteiger partial charge in [0.05, 0.1) is 27.7 Å². The second kappa shape index (κ2) is 62.7. The van der Waals surface area contributed by atoms with E-state index in [1.807, 2.05) is 21.1 Å². The maximum absolute atomic E-state index is 12.9. The van der Waals surface area contributed by atoms with Gasteiger partial charge in [0, 0.05) is 12.8 Å². The number of ether oxygens (including phenoxy) is 2. The van der Waals surface area contributed by atoms with Crippen LogP contribution in [-0.2, 0) is 32.7 Å². The van der Waals surface area contributed by atoms with Gasteiger partial charge in [-0.25, -0.2) is 0 Å². The first-order chi connectivity index (χ1) is 40.0. The van der Waals surface area contributed by atoms with Crippen LogP contribution in [0.25, 0.3) is 0 Å². The van der Waals surface area contributed by atoms with E-state index in [0.717, 1.165) is 77.0 Å². The highest BCUT2D eigenvalue weighted by Crippen LogP contribution is 2.38. The van der Waals surface area contributed by atoms with Crippen LogP contribution < -0.4 is 4.89 Å². The minimum atomic E-state index is -4.64. The summed E-state index contributed by atoms with van der Waals surface area (Å²) in [6, 6.07) is 0. The topological polar surface area (TPSA) is 111 Å². The van der Waals surface area contributed by atoms with Crippen LogP contribution in [0.4, 0.5) is 0 Å². The van der Waals surface area contributed by atoms with Gasteiger partial charge in [-0.15, -0.1) is 0 Å². The van der Waals surface area contributed by atoms with E-state index in [1.165, 1.54) is 199 Å². The van der Waals surface area contributed by atoms with Crippen LogP contribution >= 0.6 is 7.82 Å². The van der Waals surface area contributed by atoms with E-state index in [4.69, 9.17) is 18.5 Å². The standard InChI is InChI=1S/C72H130NO8P/c1-6-8-10-12-14-16-18-20-22-24-26-28-30-32-34-36-38-40-42-44-46-48-50-52-54-56-58-60-62-64-71(74)78-68-70(69-80-82(76,77)79-67-66-73(3,4)5)81-72(75)65-63-61-59-57-55-53-51-49-47-45-43-41-39-37-35-33-31-29-27-25-23-21-19-17-15-13-11-9-7-2/h9,11,15,17-18,20-21,23-24,26-27,29-30,32,70H,6-8,10,12-14,16,19,22,25,28,31,33-69H2,1-5H3/b11-9-,17-15-,20-18-,23-21-,26-24-,29-27-,32-30-. The van der Waals surface area contributed by atoms with E-state index >= 15 is 0 Å². The lowest BCUT2D eigenvalue weighted by atomic mass is 10.0. The summed E-state index contributed by atoms with van der Waals surface area (Å²) in [5.74, 6) is -0.825. The molecule has 2 unspecified atom stereocenters. The summed E-state index contributed by atoms with van der Waals surface area (Å²) in [7, 11) is 1.17. The molecule has 0 aliphatic carbocycles. The van der Waals surface area contributed by atoms with Crippen molar-refractivity contribution in [3.63, 3.8) is 0 Å². The molecule has 0 aliphatic heterocycles. The van der Waals surface area contributed by atoms with Gasteiger partial charge in [-0.1, -0.05) is 292 Å². The second-order valence-electron chi connectivity index (χ2n) is 24.2. The minimum Gasteiger partial charge on any atom is -0.756 e. The number of likely N-dealkylation sites (N-methyl/N-ethyl adjacent to an activating group) is 1. The number of esters is 2. The fourth-order valence-electron chi connectivity index (χ4n) is 9.66. The van der Waals surface area contributed by atoms with Crippen molar-refractivity contribution in [1.29, 1.82) is 0 Å². The van der Waals surface area contributed by atoms with Crippen LogP contribution in [0.1, 0.15) is 309 Å². The third kappa shape index (κ3) is 66.3. The summed E-state index contributed by atoms with van der Waals surface area (Å²) < 4.78 is 34.3. The molecule has 0 bridgehead atoms. The lowest BCUT2D eigenvalue weighted by Crippen LogP contribution is -2.37. The maximum atomic E-state index is 12.9. The van der Waals surface area contributed by atoms with Gasteiger partial charge in [0.25, 0.3) is 7.82 Å². The summed E-state index contributed by atoms with van der Waals surface area (Å²) in [5, 5.41) is 0. The summed E-state index contributed by atoms with van der Waals surface area (Å²) in [6.07, 6.45) is 85.1. The Bertz CT molecular complexity index is 1660. The quantitative estimate of drug-likeness (QED) is 0.0195. The molecule has 82 heavy (non-hydrogen) atoms. The Balaban J connectivity index is 4.05. The zero-order valence-corrected chi connectivity index (χ0v) is 55.1. The van der Waals surface area contributed by atoms with Gasteiger partial charge in [-0.2, -0.15) is 0 Å². The van der Waals surface area contributed by atoms with E-state index in [0.29, 0.717) is 17.4 Å². The molecule has 476 valence electrons. The normalized spacial score (nSPS) is 13.7. The van der Waals surface area contributed by atoms with Crippen molar-refractivity contribution in [2.24, 2.45) is 0 Å². The number of allylic oxidation sites excluding steroid dienone is 14. The van der Waals surface area contributed by atoms with Gasteiger partial charge in [-0.3, -0.25) is 14.2 Å². The number of rotatable bonds is 63. The highest BCUT2D eigenvalue weighted by atomic mass is 31.2. The Kier molecular flexibility index (Phi) is 60.6. The Hall–Kier alpha value is -2.81. The SMILES string of the molecule is CC/C=C\C/C=C\C/C=C\C/C=C\CCCCCCCCCCCCCCCCCCC(=O)OC(COC(=O)CCCCCCCCCCCCCCCC/C=C\C/C=C\C/C=C\CCCCCCC)COP(=O)([O-])OCC[N+](C)(C)C. The van der Waals surface area contributed by atoms with E-state index in [1.54, 1.807) is 0 Å². The first kappa shape index (κ1) is 79.2. The molecule has 0 N–H and O–H groups in total. The third-order valence-electron chi connectivity index (χ3n) is 14.9. The summed E-state index contributed by atoms with van der Waals surface area (Å²) >= 11 is 0. The van der Waals surface area contributed by atoms with Gasteiger partial charge >= 0.3 is 11.9 Å². The van der Waals surface area contributed by atoms with Gasteiger partial charge in [0.1, 0.15) is 19.8 Å². The van der Waals surface area contributed by atoms with Crippen molar-refractivity contribution in [3.05, 3.63) is 85.1 Å². The average molecular weight is 1170 g/mol. The highest BCUT2D eigenvalue weighted by Gasteiger charge is 2.22. The van der Waals surface area contributed by atoms with Crippen LogP contribution in [0.5, 0.6) is 0 Å². The van der Waals surface area contributed by atoms with Crippen molar-refractivity contribution >= 4 is 19.8 Å². The van der Waals surface area contributed by atoms with Crippen LogP contribution in [0.3, 0.4) is 0 Å². The molecule has 0 rings (SSSR count). The molecule has 0 aliphatic rings. The lowest BCUT2D eigenvalue weighted by Gasteiger charge is -2.28. The van der Waals surface area contributed by atoms with Crippen molar-refractivity contribution in [3.8, 4) is 0 Å². The van der Waals surface area contributed by atoms with Gasteiger partial charge in [0.15, 0.2) is 6.10 Å². The Morgan fingerprint density at radius 3 is 1.04 bits per heavy atom. The molecule has 0 heterocycles. The summed E-state index contributed by atoms with van der Waals surface area (Å²) in [5.41, 5.74) is 0. The van der Waals surface area contributed by atoms with E-state index < -0.39 is 26.5 Å². The van der Waals surface area contributed by atoms with Crippen molar-refractivity contribution in [2.45, 2.75) is 315 Å². The number of nitrogens with zero attached hydrogens (tertiary/aromatic N) is 1. The zero-order chi connectivity index (χ0) is 59.8. The average Bonchev–Trinajstić information content (AvgIpc) is 3.45. The molecule has 2 atom stereocenters. The molecule has 0 aromatic heterocycles. The predicted molar refractivity (Wildman–Crippen MR) is 351 cm³/mol. The summed E-state index contributed by atoms with van der Waals surface area (Å²) in [4.78, 5) is 38.1. The molecular weight excluding hydrogens is 1040 g/mol. The van der Waals surface area contributed by atoms with Crippen molar-refractivity contribution < 1.29 is 42.1 Å². The first-order valence-electron chi connectivity index (χ1n) is 34.3. The molecule has 0 fully saturated rings. The molecule has 0 saturated carbocycles. The number of unbranched alkanes of at least 4 members (excludes halogenated alkanes) is 35. The fourth-order valence-corrected chi connectivity index (χ4v) is 10.4. The van der Waals surface area contributed by atoms with Crippen molar-refractivity contribution in [1.82, 2.24) is 0 Å². The van der Waals surface area contributed by atoms with Gasteiger partial charge < -0.3 is 27.9 Å². The Labute approximate surface area is 507 Å². The van der Waals surface area contributed by atoms with Crippen LogP contribution in [0.2, 0.25) is 0 Å². The lowest BCUT2D eigenvalue weighted by molar-refractivity contribution is -0.870. The largest absolute Gasteiger partial charge is 0.756 e.